The van der Waals surface area contributed by atoms with Crippen molar-refractivity contribution in [3.63, 3.8) is 0 Å². The van der Waals surface area contributed by atoms with Crippen molar-refractivity contribution in [2.45, 2.75) is 65.0 Å². The molecular weight excluding hydrogens is 450 g/mol. The molecule has 0 spiro atoms. The van der Waals surface area contributed by atoms with Crippen molar-refractivity contribution in [1.29, 1.82) is 0 Å². The minimum atomic E-state index is -0.514. The average molecular weight is 488 g/mol. The second-order valence-electron chi connectivity index (χ2n) is 10.1. The molecule has 4 rings (SSSR count). The molecule has 0 aliphatic heterocycles. The number of ether oxygens (including phenoxy) is 1. The van der Waals surface area contributed by atoms with E-state index in [1.54, 1.807) is 7.11 Å². The number of nitrogens with zero attached hydrogens (tertiary/aromatic N) is 2. The van der Waals surface area contributed by atoms with E-state index < -0.39 is 5.41 Å². The number of hydrogen-bond donors (Lipinski definition) is 1. The fourth-order valence-electron chi connectivity index (χ4n) is 4.79. The molecule has 0 unspecified atom stereocenters. The van der Waals surface area contributed by atoms with E-state index in [0.717, 1.165) is 41.0 Å². The normalized spacial score (nSPS) is 14.0. The average Bonchev–Trinajstić information content (AvgIpc) is 3.67. The number of amides is 2. The Bertz CT molecular complexity index is 1240. The van der Waals surface area contributed by atoms with Crippen LogP contribution in [0.4, 0.5) is 5.82 Å². The molecule has 0 atom stereocenters. The van der Waals surface area contributed by atoms with Gasteiger partial charge >= 0.3 is 0 Å². The zero-order chi connectivity index (χ0) is 26.0. The van der Waals surface area contributed by atoms with Gasteiger partial charge in [-0.25, -0.2) is 4.98 Å². The highest BCUT2D eigenvalue weighted by atomic mass is 16.5. The van der Waals surface area contributed by atoms with Crippen LogP contribution >= 0.6 is 0 Å². The Hall–Kier alpha value is -3.67. The van der Waals surface area contributed by atoms with Crippen molar-refractivity contribution in [3.05, 3.63) is 77.4 Å². The van der Waals surface area contributed by atoms with Crippen molar-refractivity contribution < 1.29 is 15.8 Å². The molecule has 36 heavy (non-hydrogen) atoms. The molecule has 6 heteroatoms. The van der Waals surface area contributed by atoms with Crippen LogP contribution in [0.5, 0.6) is 5.75 Å². The molecule has 1 aromatic heterocycles. The topological polar surface area (TPSA) is 71.5 Å². The summed E-state index contributed by atoms with van der Waals surface area (Å²) in [4.78, 5) is 32.9. The highest BCUT2D eigenvalue weighted by molar-refractivity contribution is 6.01. The SMILES string of the molecule is COc1ccc(C2(C(=O)Nc3ccc(C)c(-c4ccc(C(=O)N(C(C)C)C(C)C)cc4)n3)CC2)cc1.[HH]. The van der Waals surface area contributed by atoms with E-state index in [4.69, 9.17) is 9.72 Å². The van der Waals surface area contributed by atoms with Gasteiger partial charge in [0.05, 0.1) is 18.2 Å². The largest absolute Gasteiger partial charge is 0.497 e. The van der Waals surface area contributed by atoms with E-state index in [1.165, 1.54) is 0 Å². The third-order valence-corrected chi connectivity index (χ3v) is 6.92. The lowest BCUT2D eigenvalue weighted by molar-refractivity contribution is -0.118. The van der Waals surface area contributed by atoms with Gasteiger partial charge in [0.15, 0.2) is 0 Å². The number of carbonyl (C=O) groups excluding carboxylic acids is 2. The van der Waals surface area contributed by atoms with Crippen molar-refractivity contribution >= 4 is 17.6 Å². The Morgan fingerprint density at radius 1 is 0.944 bits per heavy atom. The third kappa shape index (κ3) is 4.99. The monoisotopic (exact) mass is 487 g/mol. The maximum Gasteiger partial charge on any atom is 0.254 e. The number of hydrogen-bond acceptors (Lipinski definition) is 4. The number of aryl methyl sites for hydroxylation is 1. The van der Waals surface area contributed by atoms with Gasteiger partial charge in [-0.2, -0.15) is 0 Å². The lowest BCUT2D eigenvalue weighted by Crippen LogP contribution is -2.42. The van der Waals surface area contributed by atoms with E-state index in [-0.39, 0.29) is 25.3 Å². The number of methoxy groups -OCH3 is 1. The Morgan fingerprint density at radius 3 is 2.08 bits per heavy atom. The lowest BCUT2D eigenvalue weighted by atomic mass is 9.95. The van der Waals surface area contributed by atoms with Gasteiger partial charge in [-0.15, -0.1) is 0 Å². The minimum Gasteiger partial charge on any atom is -0.497 e. The third-order valence-electron chi connectivity index (χ3n) is 6.92. The summed E-state index contributed by atoms with van der Waals surface area (Å²) in [6, 6.07) is 19.3. The number of nitrogens with one attached hydrogen (secondary N) is 1. The maximum absolute atomic E-state index is 13.3. The van der Waals surface area contributed by atoms with Crippen LogP contribution in [-0.2, 0) is 10.2 Å². The van der Waals surface area contributed by atoms with E-state index in [9.17, 15) is 9.59 Å². The lowest BCUT2D eigenvalue weighted by Gasteiger charge is -2.30. The smallest absolute Gasteiger partial charge is 0.254 e. The molecule has 1 saturated carbocycles. The number of aromatic nitrogens is 1. The molecule has 1 aliphatic rings. The summed E-state index contributed by atoms with van der Waals surface area (Å²) >= 11 is 0. The first-order chi connectivity index (χ1) is 17.2. The summed E-state index contributed by atoms with van der Waals surface area (Å²) in [6.45, 7) is 10.1. The van der Waals surface area contributed by atoms with Gasteiger partial charge in [-0.05, 0) is 88.9 Å². The molecule has 1 aliphatic carbocycles. The van der Waals surface area contributed by atoms with Crippen LogP contribution in [0.3, 0.4) is 0 Å². The molecule has 1 N–H and O–H groups in total. The second-order valence-corrected chi connectivity index (χ2v) is 10.1. The fraction of sp³-hybridized carbons (Fsp3) is 0.367. The molecule has 0 radical (unpaired) electrons. The molecule has 1 fully saturated rings. The fourth-order valence-corrected chi connectivity index (χ4v) is 4.79. The van der Waals surface area contributed by atoms with Gasteiger partial charge in [-0.3, -0.25) is 9.59 Å². The van der Waals surface area contributed by atoms with Gasteiger partial charge < -0.3 is 15.0 Å². The molecule has 190 valence electrons. The van der Waals surface area contributed by atoms with Gasteiger partial charge in [-0.1, -0.05) is 30.3 Å². The number of anilines is 1. The predicted molar refractivity (Wildman–Crippen MR) is 146 cm³/mol. The van der Waals surface area contributed by atoms with E-state index in [0.29, 0.717) is 11.4 Å². The van der Waals surface area contributed by atoms with Crippen LogP contribution in [0.25, 0.3) is 11.3 Å². The van der Waals surface area contributed by atoms with E-state index in [1.807, 2.05) is 100 Å². The molecule has 1 heterocycles. The quantitative estimate of drug-likeness (QED) is 0.408. The number of pyridine rings is 1. The minimum absolute atomic E-state index is 0. The standard InChI is InChI=1S/C30H35N3O3.H2/c1-19(2)33(20(3)4)28(34)23-10-8-22(9-11-23)27-21(5)7-16-26(31-27)32-29(35)30(17-18-30)24-12-14-25(36-6)15-13-24;/h7-16,19-20H,17-18H2,1-6H3,(H,31,32,35);1H. The van der Waals surface area contributed by atoms with Crippen molar-refractivity contribution in [1.82, 2.24) is 9.88 Å². The van der Waals surface area contributed by atoms with Crippen LogP contribution in [0.1, 0.15) is 63.4 Å². The Kier molecular flexibility index (Phi) is 7.16. The van der Waals surface area contributed by atoms with E-state index >= 15 is 0 Å². The number of carbonyl (C=O) groups is 2. The Balaban J connectivity index is 0.00000380. The van der Waals surface area contributed by atoms with Gasteiger partial charge in [0, 0.05) is 24.6 Å². The zero-order valence-corrected chi connectivity index (χ0v) is 22.0. The Labute approximate surface area is 215 Å². The summed E-state index contributed by atoms with van der Waals surface area (Å²) in [5, 5.41) is 3.04. The Morgan fingerprint density at radius 2 is 1.56 bits per heavy atom. The summed E-state index contributed by atoms with van der Waals surface area (Å²) in [5.41, 5.74) is 3.81. The molecule has 2 aromatic carbocycles. The van der Waals surface area contributed by atoms with Gasteiger partial charge in [0.25, 0.3) is 5.91 Å². The number of rotatable bonds is 8. The zero-order valence-electron chi connectivity index (χ0n) is 22.0. The summed E-state index contributed by atoms with van der Waals surface area (Å²) < 4.78 is 5.25. The van der Waals surface area contributed by atoms with Crippen LogP contribution in [0, 0.1) is 6.92 Å². The highest BCUT2D eigenvalue weighted by Crippen LogP contribution is 2.49. The first-order valence-corrected chi connectivity index (χ1v) is 12.5. The second kappa shape index (κ2) is 10.1. The molecule has 2 amide bonds. The predicted octanol–water partition coefficient (Wildman–Crippen LogP) is 6.24. The molecule has 3 aromatic rings. The van der Waals surface area contributed by atoms with Crippen LogP contribution in [0.15, 0.2) is 60.7 Å². The molecule has 0 saturated heterocycles. The molecular formula is C30H37N3O3. The first-order valence-electron chi connectivity index (χ1n) is 12.5. The molecule has 0 bridgehead atoms. The highest BCUT2D eigenvalue weighted by Gasteiger charge is 2.51. The van der Waals surface area contributed by atoms with Crippen molar-refractivity contribution in [2.24, 2.45) is 0 Å². The first kappa shape index (κ1) is 25.4. The van der Waals surface area contributed by atoms with Crippen LogP contribution in [-0.4, -0.2) is 40.9 Å². The summed E-state index contributed by atoms with van der Waals surface area (Å²) in [6.07, 6.45) is 1.62. The summed E-state index contributed by atoms with van der Waals surface area (Å²) in [5.74, 6) is 1.27. The van der Waals surface area contributed by atoms with Crippen LogP contribution < -0.4 is 10.1 Å². The van der Waals surface area contributed by atoms with Crippen molar-refractivity contribution in [3.8, 4) is 17.0 Å². The van der Waals surface area contributed by atoms with Crippen LogP contribution in [0.2, 0.25) is 0 Å². The number of benzene rings is 2. The maximum atomic E-state index is 13.3. The van der Waals surface area contributed by atoms with Gasteiger partial charge in [0.2, 0.25) is 5.91 Å². The molecule has 6 nitrogen and oxygen atoms in total. The van der Waals surface area contributed by atoms with Gasteiger partial charge in [0.1, 0.15) is 11.6 Å². The van der Waals surface area contributed by atoms with Crippen molar-refractivity contribution in [2.75, 3.05) is 12.4 Å². The van der Waals surface area contributed by atoms with E-state index in [2.05, 4.69) is 5.32 Å². The summed E-state index contributed by atoms with van der Waals surface area (Å²) in [7, 11) is 1.63.